The molecule has 3 rings (SSSR count). The van der Waals surface area contributed by atoms with E-state index in [0.29, 0.717) is 10.7 Å². The first-order chi connectivity index (χ1) is 13.4. The lowest BCUT2D eigenvalue weighted by Gasteiger charge is -2.29. The average Bonchev–Trinajstić information content (AvgIpc) is 2.69. The molecular formula is C22H26ClN3O2. The first kappa shape index (κ1) is 20.2. The lowest BCUT2D eigenvalue weighted by Crippen LogP contribution is -2.37. The zero-order chi connectivity index (χ0) is 20.1. The zero-order valence-electron chi connectivity index (χ0n) is 16.4. The fourth-order valence-corrected chi connectivity index (χ4v) is 3.66. The third kappa shape index (κ3) is 5.04. The summed E-state index contributed by atoms with van der Waals surface area (Å²) in [4.78, 5) is 28.5. The minimum Gasteiger partial charge on any atom is -0.372 e. The van der Waals surface area contributed by atoms with E-state index in [2.05, 4.69) is 10.2 Å². The number of anilines is 3. The molecule has 28 heavy (non-hydrogen) atoms. The maximum absolute atomic E-state index is 12.5. The van der Waals surface area contributed by atoms with Gasteiger partial charge < -0.3 is 15.1 Å². The maximum Gasteiger partial charge on any atom is 0.244 e. The van der Waals surface area contributed by atoms with Gasteiger partial charge in [0.2, 0.25) is 11.8 Å². The van der Waals surface area contributed by atoms with Gasteiger partial charge in [0.05, 0.1) is 0 Å². The second-order valence-electron chi connectivity index (χ2n) is 7.18. The fourth-order valence-electron chi connectivity index (χ4n) is 3.49. The molecule has 1 N–H and O–H groups in total. The van der Waals surface area contributed by atoms with E-state index in [1.165, 1.54) is 36.8 Å². The molecule has 148 valence electrons. The first-order valence-electron chi connectivity index (χ1n) is 9.63. The van der Waals surface area contributed by atoms with Crippen LogP contribution in [0.25, 0.3) is 0 Å². The van der Waals surface area contributed by atoms with E-state index in [0.717, 1.165) is 24.3 Å². The molecule has 1 fully saturated rings. The minimum absolute atomic E-state index is 0.0651. The van der Waals surface area contributed by atoms with Gasteiger partial charge in [0.25, 0.3) is 0 Å². The van der Waals surface area contributed by atoms with Gasteiger partial charge in [-0.3, -0.25) is 9.59 Å². The van der Waals surface area contributed by atoms with E-state index in [1.807, 2.05) is 37.3 Å². The van der Waals surface area contributed by atoms with Crippen LogP contribution in [0.5, 0.6) is 0 Å². The van der Waals surface area contributed by atoms with Crippen molar-refractivity contribution in [2.24, 2.45) is 0 Å². The molecule has 6 heteroatoms. The number of amides is 2. The van der Waals surface area contributed by atoms with E-state index in [1.54, 1.807) is 12.1 Å². The molecule has 1 saturated heterocycles. The number of rotatable bonds is 5. The topological polar surface area (TPSA) is 52.7 Å². The Balaban J connectivity index is 1.66. The van der Waals surface area contributed by atoms with Crippen molar-refractivity contribution in [2.75, 3.05) is 34.8 Å². The van der Waals surface area contributed by atoms with Crippen LogP contribution in [0, 0.1) is 6.92 Å². The van der Waals surface area contributed by atoms with Gasteiger partial charge in [-0.25, -0.2) is 0 Å². The van der Waals surface area contributed by atoms with Crippen molar-refractivity contribution in [2.45, 2.75) is 33.1 Å². The molecule has 5 nitrogen and oxygen atoms in total. The number of carbonyl (C=O) groups is 2. The van der Waals surface area contributed by atoms with Crippen molar-refractivity contribution in [1.82, 2.24) is 0 Å². The Kier molecular flexibility index (Phi) is 6.57. The molecular weight excluding hydrogens is 374 g/mol. The Morgan fingerprint density at radius 3 is 2.39 bits per heavy atom. The monoisotopic (exact) mass is 399 g/mol. The molecule has 2 aromatic rings. The molecule has 0 radical (unpaired) electrons. The molecule has 0 spiro atoms. The van der Waals surface area contributed by atoms with Gasteiger partial charge in [0, 0.05) is 42.1 Å². The van der Waals surface area contributed by atoms with Crippen molar-refractivity contribution >= 4 is 40.5 Å². The van der Waals surface area contributed by atoms with E-state index in [9.17, 15) is 9.59 Å². The number of nitrogens with zero attached hydrogens (tertiary/aromatic N) is 2. The van der Waals surface area contributed by atoms with Crippen LogP contribution in [0.15, 0.2) is 42.5 Å². The van der Waals surface area contributed by atoms with Crippen molar-refractivity contribution < 1.29 is 9.59 Å². The molecule has 0 atom stereocenters. The third-order valence-electron chi connectivity index (χ3n) is 5.02. The number of benzene rings is 2. The SMILES string of the molecule is CC(=O)N(CC(=O)Nc1ccc(N2CCCCC2)cc1)c1cc(Cl)ccc1C. The second kappa shape index (κ2) is 9.11. The number of hydrogen-bond acceptors (Lipinski definition) is 3. The van der Waals surface area contributed by atoms with Crippen LogP contribution in [0.4, 0.5) is 17.1 Å². The van der Waals surface area contributed by atoms with Crippen molar-refractivity contribution in [3.8, 4) is 0 Å². The molecule has 0 saturated carbocycles. The predicted octanol–water partition coefficient (Wildman–Crippen LogP) is 4.63. The molecule has 0 aliphatic carbocycles. The van der Waals surface area contributed by atoms with E-state index in [-0.39, 0.29) is 18.4 Å². The number of nitrogens with one attached hydrogen (secondary N) is 1. The van der Waals surface area contributed by atoms with Gasteiger partial charge in [0.1, 0.15) is 6.54 Å². The molecule has 2 amide bonds. The summed E-state index contributed by atoms with van der Waals surface area (Å²) in [5.41, 5.74) is 3.43. The number of halogens is 1. The summed E-state index contributed by atoms with van der Waals surface area (Å²) >= 11 is 6.07. The Morgan fingerprint density at radius 2 is 1.75 bits per heavy atom. The number of carbonyl (C=O) groups excluding carboxylic acids is 2. The Bertz CT molecular complexity index is 845. The second-order valence-corrected chi connectivity index (χ2v) is 7.62. The fraction of sp³-hybridized carbons (Fsp3) is 0.364. The van der Waals surface area contributed by atoms with E-state index in [4.69, 9.17) is 11.6 Å². The quantitative estimate of drug-likeness (QED) is 0.797. The van der Waals surface area contributed by atoms with Crippen LogP contribution in [0.1, 0.15) is 31.7 Å². The zero-order valence-corrected chi connectivity index (χ0v) is 17.1. The number of hydrogen-bond donors (Lipinski definition) is 1. The average molecular weight is 400 g/mol. The number of aryl methyl sites for hydroxylation is 1. The summed E-state index contributed by atoms with van der Waals surface area (Å²) in [6.45, 7) is 5.43. The van der Waals surface area contributed by atoms with Gasteiger partial charge in [-0.2, -0.15) is 0 Å². The van der Waals surface area contributed by atoms with Crippen molar-refractivity contribution in [3.63, 3.8) is 0 Å². The van der Waals surface area contributed by atoms with Gasteiger partial charge in [0.15, 0.2) is 0 Å². The summed E-state index contributed by atoms with van der Waals surface area (Å²) in [5.74, 6) is -0.457. The molecule has 2 aromatic carbocycles. The lowest BCUT2D eigenvalue weighted by atomic mass is 10.1. The highest BCUT2D eigenvalue weighted by Gasteiger charge is 2.18. The molecule has 0 bridgehead atoms. The summed E-state index contributed by atoms with van der Waals surface area (Å²) in [5, 5.41) is 3.41. The molecule has 1 heterocycles. The summed E-state index contributed by atoms with van der Waals surface area (Å²) in [6.07, 6.45) is 3.74. The Morgan fingerprint density at radius 1 is 1.07 bits per heavy atom. The largest absolute Gasteiger partial charge is 0.372 e. The summed E-state index contributed by atoms with van der Waals surface area (Å²) in [6, 6.07) is 13.2. The highest BCUT2D eigenvalue weighted by Crippen LogP contribution is 2.25. The predicted molar refractivity (Wildman–Crippen MR) is 115 cm³/mol. The Labute approximate surface area is 171 Å². The van der Waals surface area contributed by atoms with E-state index >= 15 is 0 Å². The van der Waals surface area contributed by atoms with Crippen LogP contribution in [0.3, 0.4) is 0 Å². The highest BCUT2D eigenvalue weighted by atomic mass is 35.5. The van der Waals surface area contributed by atoms with Crippen LogP contribution in [-0.2, 0) is 9.59 Å². The van der Waals surface area contributed by atoms with Crippen LogP contribution < -0.4 is 15.1 Å². The summed E-state index contributed by atoms with van der Waals surface area (Å²) < 4.78 is 0. The van der Waals surface area contributed by atoms with E-state index < -0.39 is 0 Å². The van der Waals surface area contributed by atoms with Gasteiger partial charge in [-0.1, -0.05) is 17.7 Å². The van der Waals surface area contributed by atoms with Crippen molar-refractivity contribution in [3.05, 3.63) is 53.1 Å². The highest BCUT2D eigenvalue weighted by molar-refractivity contribution is 6.31. The van der Waals surface area contributed by atoms with Crippen LogP contribution in [0.2, 0.25) is 5.02 Å². The van der Waals surface area contributed by atoms with Gasteiger partial charge in [-0.05, 0) is 68.1 Å². The maximum atomic E-state index is 12.5. The standard InChI is InChI=1S/C22H26ClN3O2/c1-16-6-7-18(23)14-21(16)26(17(2)27)15-22(28)24-19-8-10-20(11-9-19)25-12-4-3-5-13-25/h6-11,14H,3-5,12-13,15H2,1-2H3,(H,24,28). The van der Waals surface area contributed by atoms with Gasteiger partial charge >= 0.3 is 0 Å². The minimum atomic E-state index is -0.250. The van der Waals surface area contributed by atoms with Crippen LogP contribution >= 0.6 is 11.6 Å². The lowest BCUT2D eigenvalue weighted by molar-refractivity contribution is -0.120. The first-order valence-corrected chi connectivity index (χ1v) is 10.0. The smallest absolute Gasteiger partial charge is 0.244 e. The molecule has 0 aromatic heterocycles. The van der Waals surface area contributed by atoms with Crippen molar-refractivity contribution in [1.29, 1.82) is 0 Å². The molecule has 1 aliphatic rings. The third-order valence-corrected chi connectivity index (χ3v) is 5.25. The normalized spacial score (nSPS) is 13.9. The Hall–Kier alpha value is -2.53. The van der Waals surface area contributed by atoms with Crippen LogP contribution in [-0.4, -0.2) is 31.4 Å². The molecule has 1 aliphatic heterocycles. The molecule has 0 unspecified atom stereocenters. The number of piperidine rings is 1. The summed E-state index contributed by atoms with van der Waals surface area (Å²) in [7, 11) is 0. The van der Waals surface area contributed by atoms with Gasteiger partial charge in [-0.15, -0.1) is 0 Å².